The molecule has 0 radical (unpaired) electrons. The molecule has 0 spiro atoms. The van der Waals surface area contributed by atoms with Crippen LogP contribution in [0.2, 0.25) is 0 Å². The van der Waals surface area contributed by atoms with Gasteiger partial charge >= 0.3 is 0 Å². The van der Waals surface area contributed by atoms with E-state index in [-0.39, 0.29) is 30.3 Å². The molecule has 1 unspecified atom stereocenters. The summed E-state index contributed by atoms with van der Waals surface area (Å²) >= 11 is 0. The van der Waals surface area contributed by atoms with Crippen LogP contribution in [0.4, 0.5) is 0 Å². The van der Waals surface area contributed by atoms with Crippen molar-refractivity contribution >= 4 is 0 Å². The van der Waals surface area contributed by atoms with E-state index in [1.54, 1.807) is 6.08 Å². The summed E-state index contributed by atoms with van der Waals surface area (Å²) in [7, 11) is 0. The molecule has 1 heterocycles. The number of hydrogen-bond donors (Lipinski definition) is 5. The van der Waals surface area contributed by atoms with Crippen LogP contribution in [0.1, 0.15) is 32.1 Å². The zero-order valence-electron chi connectivity index (χ0n) is 13.3. The Morgan fingerprint density at radius 1 is 1.12 bits per heavy atom. The molecule has 0 aromatic carbocycles. The van der Waals surface area contributed by atoms with E-state index in [1.165, 1.54) is 12.2 Å². The maximum absolute atomic E-state index is 10.3. The van der Waals surface area contributed by atoms with Crippen LogP contribution in [0.15, 0.2) is 58.0 Å². The van der Waals surface area contributed by atoms with Crippen LogP contribution in [-0.2, 0) is 4.74 Å². The van der Waals surface area contributed by atoms with E-state index in [0.29, 0.717) is 36.2 Å². The van der Waals surface area contributed by atoms with Gasteiger partial charge in [0.2, 0.25) is 0 Å². The van der Waals surface area contributed by atoms with E-state index >= 15 is 0 Å². The Hall–Kier alpha value is -2.18. The molecule has 130 valence electrons. The lowest BCUT2D eigenvalue weighted by Crippen LogP contribution is -2.20. The van der Waals surface area contributed by atoms with Crippen molar-refractivity contribution in [2.45, 2.75) is 44.3 Å². The van der Waals surface area contributed by atoms with Crippen molar-refractivity contribution in [2.24, 2.45) is 0 Å². The lowest BCUT2D eigenvalue weighted by atomic mass is 9.91. The summed E-state index contributed by atoms with van der Waals surface area (Å²) in [6, 6.07) is 0. The lowest BCUT2D eigenvalue weighted by Gasteiger charge is -2.25. The normalized spacial score (nSPS) is 28.2. The first-order chi connectivity index (χ1) is 11.5. The molecule has 0 saturated heterocycles. The molecule has 24 heavy (non-hydrogen) atoms. The molecule has 5 N–H and O–H groups in total. The lowest BCUT2D eigenvalue weighted by molar-refractivity contribution is 0.138. The highest BCUT2D eigenvalue weighted by atomic mass is 16.5. The summed E-state index contributed by atoms with van der Waals surface area (Å²) in [6.45, 7) is -0.136. The molecular formula is C18H22O6. The monoisotopic (exact) mass is 334 g/mol. The second kappa shape index (κ2) is 6.75. The van der Waals surface area contributed by atoms with Crippen LogP contribution in [0, 0.1) is 0 Å². The fourth-order valence-electron chi connectivity index (χ4n) is 3.28. The average molecular weight is 334 g/mol. The zero-order valence-corrected chi connectivity index (χ0v) is 13.3. The molecule has 6 heteroatoms. The smallest absolute Gasteiger partial charge is 0.153 e. The van der Waals surface area contributed by atoms with Gasteiger partial charge in [0, 0.05) is 12.0 Å². The minimum Gasteiger partial charge on any atom is -0.512 e. The molecule has 1 aliphatic heterocycles. The SMILES string of the molecule is OCC1=CC2=C(CCC[C@@H](C3=CC(O)=C(O)CC(O)=C3)O2)C(O)C1. The molecular weight excluding hydrogens is 312 g/mol. The molecule has 3 aliphatic rings. The third-order valence-electron chi connectivity index (χ3n) is 4.55. The van der Waals surface area contributed by atoms with Crippen LogP contribution in [0.5, 0.6) is 0 Å². The quantitative estimate of drug-likeness (QED) is 0.531. The van der Waals surface area contributed by atoms with E-state index < -0.39 is 12.2 Å². The van der Waals surface area contributed by atoms with Crippen LogP contribution in [-0.4, -0.2) is 44.3 Å². The standard InChI is InChI=1S/C18H22O6/c19-9-10-4-14(21)13-2-1-3-17(24-18(13)5-10)11-6-12(20)8-16(23)15(22)7-11/h5-7,14,17,19-23H,1-4,8-9H2/t14?,17-/m0/s1. The predicted octanol–water partition coefficient (Wildman–Crippen LogP) is 2.59. The summed E-state index contributed by atoms with van der Waals surface area (Å²) < 4.78 is 6.04. The number of hydrogen-bond acceptors (Lipinski definition) is 6. The third kappa shape index (κ3) is 3.34. The van der Waals surface area contributed by atoms with Gasteiger partial charge in [0.1, 0.15) is 23.4 Å². The highest BCUT2D eigenvalue weighted by molar-refractivity contribution is 5.39. The van der Waals surface area contributed by atoms with Gasteiger partial charge in [0.05, 0.1) is 19.1 Å². The predicted molar refractivity (Wildman–Crippen MR) is 87.2 cm³/mol. The van der Waals surface area contributed by atoms with Gasteiger partial charge in [0.15, 0.2) is 5.76 Å². The Labute approximate surface area is 140 Å². The fraction of sp³-hybridized carbons (Fsp3) is 0.444. The van der Waals surface area contributed by atoms with Gasteiger partial charge in [-0.15, -0.1) is 0 Å². The van der Waals surface area contributed by atoms with Gasteiger partial charge < -0.3 is 30.3 Å². The Morgan fingerprint density at radius 2 is 1.92 bits per heavy atom. The van der Waals surface area contributed by atoms with E-state index in [0.717, 1.165) is 12.0 Å². The molecule has 0 amide bonds. The average Bonchev–Trinajstić information content (AvgIpc) is 2.82. The van der Waals surface area contributed by atoms with Crippen molar-refractivity contribution in [3.05, 3.63) is 58.0 Å². The van der Waals surface area contributed by atoms with E-state index in [9.17, 15) is 25.5 Å². The van der Waals surface area contributed by atoms with Gasteiger partial charge in [0.25, 0.3) is 0 Å². The highest BCUT2D eigenvalue weighted by Gasteiger charge is 2.29. The maximum atomic E-state index is 10.3. The molecule has 0 bridgehead atoms. The Kier molecular flexibility index (Phi) is 4.69. The van der Waals surface area contributed by atoms with Gasteiger partial charge in [-0.25, -0.2) is 0 Å². The molecule has 0 fully saturated rings. The number of ether oxygens (including phenoxy) is 1. The first-order valence-electron chi connectivity index (χ1n) is 8.08. The van der Waals surface area contributed by atoms with Crippen molar-refractivity contribution in [2.75, 3.05) is 6.61 Å². The van der Waals surface area contributed by atoms with Crippen molar-refractivity contribution < 1.29 is 30.3 Å². The number of aliphatic hydroxyl groups is 5. The largest absolute Gasteiger partial charge is 0.512 e. The molecule has 2 atom stereocenters. The summed E-state index contributed by atoms with van der Waals surface area (Å²) in [5.74, 6) is -0.0865. The van der Waals surface area contributed by atoms with Crippen molar-refractivity contribution in [3.8, 4) is 0 Å². The minimum absolute atomic E-state index is 0.0554. The second-order valence-electron chi connectivity index (χ2n) is 6.36. The van der Waals surface area contributed by atoms with Crippen molar-refractivity contribution in [1.82, 2.24) is 0 Å². The number of allylic oxidation sites excluding steroid dienone is 2. The Bertz CT molecular complexity index is 680. The van der Waals surface area contributed by atoms with E-state index in [1.807, 2.05) is 0 Å². The maximum Gasteiger partial charge on any atom is 0.153 e. The zero-order chi connectivity index (χ0) is 17.3. The molecule has 3 rings (SSSR count). The fourth-order valence-corrected chi connectivity index (χ4v) is 3.28. The molecule has 0 aromatic rings. The van der Waals surface area contributed by atoms with Crippen molar-refractivity contribution in [3.63, 3.8) is 0 Å². The van der Waals surface area contributed by atoms with Gasteiger partial charge in [-0.05, 0) is 48.6 Å². The number of aliphatic hydroxyl groups excluding tert-OH is 5. The van der Waals surface area contributed by atoms with Gasteiger partial charge in [-0.1, -0.05) is 0 Å². The van der Waals surface area contributed by atoms with E-state index in [4.69, 9.17) is 4.74 Å². The molecule has 2 aliphatic carbocycles. The first-order valence-corrected chi connectivity index (χ1v) is 8.08. The summed E-state index contributed by atoms with van der Waals surface area (Å²) in [6.07, 6.45) is 5.97. The minimum atomic E-state index is -0.657. The highest BCUT2D eigenvalue weighted by Crippen LogP contribution is 2.35. The molecule has 0 saturated carbocycles. The van der Waals surface area contributed by atoms with Crippen LogP contribution < -0.4 is 0 Å². The number of rotatable bonds is 2. The second-order valence-corrected chi connectivity index (χ2v) is 6.36. The molecule has 6 nitrogen and oxygen atoms in total. The first kappa shape index (κ1) is 16.7. The van der Waals surface area contributed by atoms with Gasteiger partial charge in [-0.2, -0.15) is 0 Å². The summed E-state index contributed by atoms with van der Waals surface area (Å²) in [5.41, 5.74) is 2.08. The van der Waals surface area contributed by atoms with Crippen molar-refractivity contribution in [1.29, 1.82) is 0 Å². The summed E-state index contributed by atoms with van der Waals surface area (Å²) in [5, 5.41) is 49.0. The van der Waals surface area contributed by atoms with Crippen LogP contribution in [0.3, 0.4) is 0 Å². The van der Waals surface area contributed by atoms with Crippen LogP contribution >= 0.6 is 0 Å². The Morgan fingerprint density at radius 3 is 2.67 bits per heavy atom. The van der Waals surface area contributed by atoms with E-state index in [2.05, 4.69) is 0 Å². The summed E-state index contributed by atoms with van der Waals surface area (Å²) in [4.78, 5) is 0. The van der Waals surface area contributed by atoms with Crippen LogP contribution in [0.25, 0.3) is 0 Å². The topological polar surface area (TPSA) is 110 Å². The van der Waals surface area contributed by atoms with Gasteiger partial charge in [-0.3, -0.25) is 0 Å². The molecule has 0 aromatic heterocycles. The Balaban J connectivity index is 1.92. The third-order valence-corrected chi connectivity index (χ3v) is 4.55.